The van der Waals surface area contributed by atoms with E-state index in [0.29, 0.717) is 12.1 Å². The average Bonchev–Trinajstić information content (AvgIpc) is 2.17. The molecule has 0 unspecified atom stereocenters. The van der Waals surface area contributed by atoms with Crippen LogP contribution in [-0.2, 0) is 11.3 Å². The minimum Gasteiger partial charge on any atom is -0.378 e. The van der Waals surface area contributed by atoms with Crippen LogP contribution in [0.5, 0.6) is 0 Å². The molecular weight excluding hydrogens is 122 g/mol. The molecule has 0 aliphatic heterocycles. The number of aromatic nitrogens is 1. The van der Waals surface area contributed by atoms with Crippen molar-refractivity contribution in [3.05, 3.63) is 16.6 Å². The van der Waals surface area contributed by atoms with Crippen LogP contribution in [0.3, 0.4) is 0 Å². The largest absolute Gasteiger partial charge is 0.378 e. The van der Waals surface area contributed by atoms with Gasteiger partial charge in [-0.2, -0.15) is 0 Å². The quantitative estimate of drug-likeness (QED) is 0.601. The standard InChI is InChI=1S/C5H7NOS/c1-7-2-5-3-8-4-6-5/h3-4H,2H2,1H3/i4D. The summed E-state index contributed by atoms with van der Waals surface area (Å²) in [7, 11) is 1.61. The fourth-order valence-corrected chi connectivity index (χ4v) is 0.899. The third-order valence-electron chi connectivity index (χ3n) is 0.729. The molecule has 0 aromatic carbocycles. The van der Waals surface area contributed by atoms with Gasteiger partial charge in [0.15, 0.2) is 0 Å². The first-order chi connectivity index (χ1) is 4.33. The fourth-order valence-electron chi connectivity index (χ4n) is 0.420. The Hall–Kier alpha value is -0.410. The zero-order chi connectivity index (χ0) is 6.69. The molecule has 8 heavy (non-hydrogen) atoms. The highest BCUT2D eigenvalue weighted by atomic mass is 32.1. The third-order valence-corrected chi connectivity index (χ3v) is 1.32. The highest BCUT2D eigenvalue weighted by Gasteiger charge is 1.88. The van der Waals surface area contributed by atoms with Crippen LogP contribution in [0.2, 0.25) is 0 Å². The Bertz CT molecular complexity index is 189. The van der Waals surface area contributed by atoms with Crippen molar-refractivity contribution in [1.29, 1.82) is 0 Å². The van der Waals surface area contributed by atoms with Gasteiger partial charge in [-0.25, -0.2) is 4.98 Å². The highest BCUT2D eigenvalue weighted by molar-refractivity contribution is 7.07. The van der Waals surface area contributed by atoms with Crippen molar-refractivity contribution >= 4 is 11.3 Å². The van der Waals surface area contributed by atoms with E-state index < -0.39 is 0 Å². The number of thiazole rings is 1. The van der Waals surface area contributed by atoms with E-state index in [2.05, 4.69) is 4.98 Å². The Labute approximate surface area is 53.5 Å². The Kier molecular flexibility index (Phi) is 1.56. The SMILES string of the molecule is [2H]c1nc(COC)cs1. The Balaban J connectivity index is 2.61. The molecule has 44 valence electrons. The molecule has 0 aliphatic carbocycles. The lowest BCUT2D eigenvalue weighted by Crippen LogP contribution is -1.84. The zero-order valence-corrected chi connectivity index (χ0v) is 5.36. The lowest BCUT2D eigenvalue weighted by Gasteiger charge is -1.88. The van der Waals surface area contributed by atoms with Gasteiger partial charge in [-0.1, -0.05) is 0 Å². The van der Waals surface area contributed by atoms with E-state index in [-0.39, 0.29) is 0 Å². The smallest absolute Gasteiger partial charge is 0.0960 e. The number of rotatable bonds is 2. The first kappa shape index (κ1) is 4.47. The van der Waals surface area contributed by atoms with Crippen molar-refractivity contribution in [1.82, 2.24) is 4.98 Å². The molecule has 0 aliphatic rings. The summed E-state index contributed by atoms with van der Waals surface area (Å²) in [6, 6.07) is 0. The van der Waals surface area contributed by atoms with Crippen LogP contribution in [0.1, 0.15) is 7.06 Å². The predicted molar refractivity (Wildman–Crippen MR) is 32.8 cm³/mol. The monoisotopic (exact) mass is 130 g/mol. The van der Waals surface area contributed by atoms with E-state index in [0.717, 1.165) is 5.69 Å². The second-order valence-electron chi connectivity index (χ2n) is 1.36. The van der Waals surface area contributed by atoms with Gasteiger partial charge < -0.3 is 4.74 Å². The van der Waals surface area contributed by atoms with Crippen molar-refractivity contribution < 1.29 is 6.11 Å². The van der Waals surface area contributed by atoms with E-state index >= 15 is 0 Å². The molecule has 3 heteroatoms. The van der Waals surface area contributed by atoms with Crippen LogP contribution in [0.25, 0.3) is 0 Å². The van der Waals surface area contributed by atoms with Gasteiger partial charge in [-0.05, 0) is 0 Å². The minimum absolute atomic E-state index is 0.349. The second-order valence-corrected chi connectivity index (χ2v) is 2.02. The van der Waals surface area contributed by atoms with Gasteiger partial charge in [0.2, 0.25) is 0 Å². The van der Waals surface area contributed by atoms with Crippen LogP contribution in [0.4, 0.5) is 0 Å². The van der Waals surface area contributed by atoms with Gasteiger partial charge >= 0.3 is 0 Å². The third kappa shape index (κ3) is 1.28. The summed E-state index contributed by atoms with van der Waals surface area (Å²) in [6.45, 7) is 0.509. The Morgan fingerprint density at radius 2 is 3.00 bits per heavy atom. The molecule has 1 aromatic heterocycles. The summed E-state index contributed by atoms with van der Waals surface area (Å²) < 4.78 is 11.8. The zero-order valence-electron chi connectivity index (χ0n) is 5.55. The van der Waals surface area contributed by atoms with Crippen LogP contribution in [0.15, 0.2) is 10.9 Å². The normalized spacial score (nSPS) is 11.4. The second kappa shape index (κ2) is 2.79. The summed E-state index contributed by atoms with van der Waals surface area (Å²) in [5.74, 6) is 0. The Morgan fingerprint density at radius 3 is 3.50 bits per heavy atom. The van der Waals surface area contributed by atoms with Gasteiger partial charge in [0.05, 0.1) is 19.2 Å². The van der Waals surface area contributed by atoms with Gasteiger partial charge in [0.25, 0.3) is 0 Å². The Morgan fingerprint density at radius 1 is 2.12 bits per heavy atom. The van der Waals surface area contributed by atoms with Crippen molar-refractivity contribution in [2.45, 2.75) is 6.61 Å². The van der Waals surface area contributed by atoms with Gasteiger partial charge in [-0.3, -0.25) is 0 Å². The fraction of sp³-hybridized carbons (Fsp3) is 0.400. The van der Waals surface area contributed by atoms with Crippen molar-refractivity contribution in [2.75, 3.05) is 7.11 Å². The van der Waals surface area contributed by atoms with E-state index in [4.69, 9.17) is 6.11 Å². The molecule has 0 N–H and O–H groups in total. The molecule has 0 fully saturated rings. The summed E-state index contributed by atoms with van der Waals surface area (Å²) in [6.07, 6.45) is 0. The first-order valence-electron chi connectivity index (χ1n) is 2.73. The molecule has 0 amide bonds. The lowest BCUT2D eigenvalue weighted by molar-refractivity contribution is 0.182. The molecule has 0 radical (unpaired) electrons. The van der Waals surface area contributed by atoms with Gasteiger partial charge in [-0.15, -0.1) is 11.3 Å². The highest BCUT2D eigenvalue weighted by Crippen LogP contribution is 2.00. The van der Waals surface area contributed by atoms with E-state index in [1.807, 2.05) is 5.38 Å². The van der Waals surface area contributed by atoms with Crippen molar-refractivity contribution in [3.8, 4) is 0 Å². The number of ether oxygens (including phenoxy) is 1. The maximum atomic E-state index is 7.05. The van der Waals surface area contributed by atoms with Crippen LogP contribution in [-0.4, -0.2) is 12.1 Å². The molecule has 1 aromatic rings. The maximum Gasteiger partial charge on any atom is 0.0960 e. The molecule has 0 spiro atoms. The molecular formula is C5H7NOS. The molecule has 2 nitrogen and oxygen atoms in total. The molecule has 0 saturated carbocycles. The summed E-state index contributed by atoms with van der Waals surface area (Å²) >= 11 is 1.32. The average molecular weight is 130 g/mol. The topological polar surface area (TPSA) is 22.1 Å². The maximum absolute atomic E-state index is 7.05. The lowest BCUT2D eigenvalue weighted by atomic mass is 10.5. The van der Waals surface area contributed by atoms with E-state index in [9.17, 15) is 0 Å². The van der Waals surface area contributed by atoms with E-state index in [1.54, 1.807) is 7.11 Å². The summed E-state index contributed by atoms with van der Waals surface area (Å²) in [5.41, 5.74) is 1.19. The summed E-state index contributed by atoms with van der Waals surface area (Å²) in [5, 5.41) is 1.83. The molecule has 1 heterocycles. The number of hydrogen-bond acceptors (Lipinski definition) is 3. The van der Waals surface area contributed by atoms with Crippen molar-refractivity contribution in [2.24, 2.45) is 0 Å². The molecule has 0 atom stereocenters. The number of nitrogens with zero attached hydrogens (tertiary/aromatic N) is 1. The van der Waals surface area contributed by atoms with E-state index in [1.165, 1.54) is 11.3 Å². The first-order valence-corrected chi connectivity index (χ1v) is 3.11. The number of hydrogen-bond donors (Lipinski definition) is 0. The van der Waals surface area contributed by atoms with Crippen LogP contribution < -0.4 is 0 Å². The van der Waals surface area contributed by atoms with Gasteiger partial charge in [0, 0.05) is 12.5 Å². The van der Waals surface area contributed by atoms with Crippen LogP contribution in [0, 0.1) is 0 Å². The predicted octanol–water partition coefficient (Wildman–Crippen LogP) is 1.29. The molecule has 1 rings (SSSR count). The summed E-state index contributed by atoms with van der Waals surface area (Å²) in [4.78, 5) is 3.86. The number of methoxy groups -OCH3 is 1. The van der Waals surface area contributed by atoms with Crippen LogP contribution >= 0.6 is 11.3 Å². The van der Waals surface area contributed by atoms with Gasteiger partial charge in [0.1, 0.15) is 0 Å². The minimum atomic E-state index is 0.349. The molecule has 0 bridgehead atoms. The molecule has 0 saturated heterocycles. The van der Waals surface area contributed by atoms with Crippen molar-refractivity contribution in [3.63, 3.8) is 0 Å².